The number of benzene rings is 1. The van der Waals surface area contributed by atoms with E-state index < -0.39 is 10.9 Å². The zero-order valence-electron chi connectivity index (χ0n) is 10.8. The zero-order valence-corrected chi connectivity index (χ0v) is 10.8. The van der Waals surface area contributed by atoms with Crippen LogP contribution in [-0.4, -0.2) is 24.5 Å². The van der Waals surface area contributed by atoms with Crippen molar-refractivity contribution in [3.05, 3.63) is 49.4 Å². The molecule has 0 bridgehead atoms. The summed E-state index contributed by atoms with van der Waals surface area (Å²) in [4.78, 5) is 24.3. The summed E-state index contributed by atoms with van der Waals surface area (Å²) >= 11 is 0. The normalized spacial score (nSPS) is 8.90. The first-order valence-corrected chi connectivity index (χ1v) is 5.38. The van der Waals surface area contributed by atoms with E-state index in [1.807, 2.05) is 0 Å². The van der Waals surface area contributed by atoms with E-state index in [9.17, 15) is 14.9 Å². The van der Waals surface area contributed by atoms with Gasteiger partial charge in [-0.25, -0.2) is 4.79 Å². The van der Waals surface area contributed by atoms with Gasteiger partial charge in [0.25, 0.3) is 5.69 Å². The third-order valence-corrected chi connectivity index (χ3v) is 2.44. The van der Waals surface area contributed by atoms with Crippen molar-refractivity contribution in [2.75, 3.05) is 13.7 Å². The fourth-order valence-corrected chi connectivity index (χ4v) is 1.46. The first-order valence-electron chi connectivity index (χ1n) is 5.38. The molecule has 0 saturated heterocycles. The lowest BCUT2D eigenvalue weighted by molar-refractivity contribution is -0.384. The number of non-ortho nitro benzene ring substituents is 1. The Morgan fingerprint density at radius 3 is 2.85 bits per heavy atom. The number of rotatable bonds is 3. The number of nitro groups is 1. The van der Waals surface area contributed by atoms with Crippen molar-refractivity contribution < 1.29 is 14.5 Å². The first-order chi connectivity index (χ1) is 9.51. The largest absolute Gasteiger partial charge is 0.465 e. The minimum Gasteiger partial charge on any atom is -0.465 e. The zero-order chi connectivity index (χ0) is 15.1. The van der Waals surface area contributed by atoms with Crippen molar-refractivity contribution in [1.82, 2.24) is 0 Å². The summed E-state index contributed by atoms with van der Waals surface area (Å²) in [5, 5.41) is 14.1. The fraction of sp³-hybridized carbons (Fsp3) is 0.250. The Morgan fingerprint density at radius 1 is 1.60 bits per heavy atom. The summed E-state index contributed by atoms with van der Waals surface area (Å²) in [5.41, 5.74) is 8.72. The Kier molecular flexibility index (Phi) is 5.09. The summed E-state index contributed by atoms with van der Waals surface area (Å²) in [5.74, 6) is 4.51. The quantitative estimate of drug-likeness (QED) is 0.160. The highest BCUT2D eigenvalue weighted by molar-refractivity contribution is 5.92. The number of ether oxygens (including phenoxy) is 1. The fourth-order valence-electron chi connectivity index (χ4n) is 1.46. The van der Waals surface area contributed by atoms with Gasteiger partial charge in [0.05, 0.1) is 24.1 Å². The van der Waals surface area contributed by atoms with E-state index in [-0.39, 0.29) is 17.8 Å². The van der Waals surface area contributed by atoms with E-state index in [2.05, 4.69) is 26.6 Å². The summed E-state index contributed by atoms with van der Waals surface area (Å²) in [6.07, 6.45) is 0. The van der Waals surface area contributed by atoms with Crippen LogP contribution in [0.2, 0.25) is 0 Å². The second-order valence-corrected chi connectivity index (χ2v) is 3.61. The smallest absolute Gasteiger partial charge is 0.338 e. The summed E-state index contributed by atoms with van der Waals surface area (Å²) in [6, 6.07) is 2.39. The van der Waals surface area contributed by atoms with Crippen LogP contribution in [0.25, 0.3) is 10.4 Å². The van der Waals surface area contributed by atoms with Crippen molar-refractivity contribution in [3.8, 4) is 11.8 Å². The molecule has 1 aromatic carbocycles. The molecule has 0 aromatic heterocycles. The van der Waals surface area contributed by atoms with Gasteiger partial charge in [-0.3, -0.25) is 10.1 Å². The molecule has 0 heterocycles. The Hall–Kier alpha value is -3.04. The van der Waals surface area contributed by atoms with Crippen LogP contribution >= 0.6 is 0 Å². The molecule has 1 rings (SSSR count). The van der Waals surface area contributed by atoms with Crippen LogP contribution in [0.5, 0.6) is 0 Å². The third kappa shape index (κ3) is 3.48. The van der Waals surface area contributed by atoms with E-state index in [0.717, 1.165) is 6.07 Å². The number of esters is 1. The van der Waals surface area contributed by atoms with E-state index in [1.54, 1.807) is 6.92 Å². The van der Waals surface area contributed by atoms with Gasteiger partial charge in [-0.2, -0.15) is 0 Å². The summed E-state index contributed by atoms with van der Waals surface area (Å²) in [6.45, 7) is 1.54. The molecule has 0 fully saturated rings. The number of carbonyl (C=O) groups excluding carboxylic acids is 1. The molecule has 20 heavy (non-hydrogen) atoms. The molecule has 8 nitrogen and oxygen atoms in total. The van der Waals surface area contributed by atoms with E-state index in [4.69, 9.17) is 5.53 Å². The van der Waals surface area contributed by atoms with Crippen molar-refractivity contribution in [3.63, 3.8) is 0 Å². The molecule has 8 heteroatoms. The second-order valence-electron chi connectivity index (χ2n) is 3.61. The Bertz CT molecular complexity index is 666. The summed E-state index contributed by atoms with van der Waals surface area (Å²) < 4.78 is 4.57. The maximum Gasteiger partial charge on any atom is 0.338 e. The molecule has 0 aliphatic heterocycles. The molecule has 0 aliphatic carbocycles. The Balaban J connectivity index is 3.37. The number of nitrogens with zero attached hydrogens (tertiary/aromatic N) is 4. The van der Waals surface area contributed by atoms with Crippen molar-refractivity contribution >= 4 is 11.7 Å². The van der Waals surface area contributed by atoms with Gasteiger partial charge in [0.15, 0.2) is 0 Å². The van der Waals surface area contributed by atoms with Crippen molar-refractivity contribution in [2.45, 2.75) is 6.92 Å². The topological polar surface area (TPSA) is 118 Å². The SMILES string of the molecule is COC(=O)c1cc([N+](=O)[O-])cc(C#CCN=[N+]=[N-])c1C. The van der Waals surface area contributed by atoms with Gasteiger partial charge in [0.1, 0.15) is 0 Å². The Morgan fingerprint density at radius 2 is 2.30 bits per heavy atom. The van der Waals surface area contributed by atoms with Gasteiger partial charge in [-0.1, -0.05) is 17.0 Å². The lowest BCUT2D eigenvalue weighted by Gasteiger charge is -2.06. The molecule has 0 amide bonds. The number of hydrogen-bond acceptors (Lipinski definition) is 5. The summed E-state index contributed by atoms with van der Waals surface area (Å²) in [7, 11) is 1.19. The molecule has 0 spiro atoms. The lowest BCUT2D eigenvalue weighted by Crippen LogP contribution is -2.06. The second kappa shape index (κ2) is 6.78. The van der Waals surface area contributed by atoms with Crippen LogP contribution in [0.15, 0.2) is 17.2 Å². The highest BCUT2D eigenvalue weighted by atomic mass is 16.6. The number of methoxy groups -OCH3 is 1. The van der Waals surface area contributed by atoms with E-state index in [1.165, 1.54) is 13.2 Å². The molecule has 0 saturated carbocycles. The standard InChI is InChI=1S/C12H10N4O4/c1-8-9(4-3-5-14-15-13)6-10(16(18)19)7-11(8)12(17)20-2/h6-7H,5H2,1-2H3. The molecule has 0 unspecified atom stereocenters. The average Bonchev–Trinajstić information content (AvgIpc) is 2.44. The monoisotopic (exact) mass is 274 g/mol. The Labute approximate surface area is 114 Å². The number of hydrogen-bond donors (Lipinski definition) is 0. The van der Waals surface area contributed by atoms with Crippen molar-refractivity contribution in [1.29, 1.82) is 0 Å². The highest BCUT2D eigenvalue weighted by Crippen LogP contribution is 2.22. The minimum atomic E-state index is -0.677. The van der Waals surface area contributed by atoms with Gasteiger partial charge in [0, 0.05) is 22.6 Å². The van der Waals surface area contributed by atoms with Gasteiger partial charge in [-0.05, 0) is 18.0 Å². The maximum absolute atomic E-state index is 11.6. The molecule has 0 aliphatic rings. The van der Waals surface area contributed by atoms with Crippen LogP contribution < -0.4 is 0 Å². The van der Waals surface area contributed by atoms with Crippen LogP contribution in [0.3, 0.4) is 0 Å². The maximum atomic E-state index is 11.6. The molecule has 0 N–H and O–H groups in total. The predicted octanol–water partition coefficient (Wildman–Crippen LogP) is 2.35. The average molecular weight is 274 g/mol. The van der Waals surface area contributed by atoms with Gasteiger partial charge in [-0.15, -0.1) is 0 Å². The number of azide groups is 1. The van der Waals surface area contributed by atoms with Crippen molar-refractivity contribution in [2.24, 2.45) is 5.11 Å². The van der Waals surface area contributed by atoms with Crippen LogP contribution in [0.1, 0.15) is 21.5 Å². The molecule has 102 valence electrons. The van der Waals surface area contributed by atoms with Gasteiger partial charge < -0.3 is 4.74 Å². The van der Waals surface area contributed by atoms with Crippen LogP contribution in [0.4, 0.5) is 5.69 Å². The first kappa shape index (κ1) is 15.0. The predicted molar refractivity (Wildman–Crippen MR) is 70.1 cm³/mol. The molecule has 1 aromatic rings. The van der Waals surface area contributed by atoms with Crippen LogP contribution in [0, 0.1) is 28.9 Å². The number of carbonyl (C=O) groups is 1. The third-order valence-electron chi connectivity index (χ3n) is 2.44. The van der Waals surface area contributed by atoms with Crippen LogP contribution in [-0.2, 0) is 4.74 Å². The molecular weight excluding hydrogens is 264 g/mol. The molecule has 0 atom stereocenters. The van der Waals surface area contributed by atoms with E-state index >= 15 is 0 Å². The van der Waals surface area contributed by atoms with E-state index in [0.29, 0.717) is 11.1 Å². The highest BCUT2D eigenvalue weighted by Gasteiger charge is 2.18. The lowest BCUT2D eigenvalue weighted by atomic mass is 10.0. The number of nitro benzene ring substituents is 1. The van der Waals surface area contributed by atoms with Gasteiger partial charge in [0.2, 0.25) is 0 Å². The molecule has 0 radical (unpaired) electrons. The van der Waals surface area contributed by atoms with Gasteiger partial charge >= 0.3 is 5.97 Å². The minimum absolute atomic E-state index is 0.0633. The molecular formula is C12H10N4O4.